The van der Waals surface area contributed by atoms with E-state index in [4.69, 9.17) is 19.2 Å². The van der Waals surface area contributed by atoms with Crippen molar-refractivity contribution in [2.24, 2.45) is 17.3 Å². The van der Waals surface area contributed by atoms with Gasteiger partial charge in [0.15, 0.2) is 0 Å². The fourth-order valence-corrected chi connectivity index (χ4v) is 10.8. The average molecular weight is 906 g/mol. The lowest BCUT2D eigenvalue weighted by Crippen LogP contribution is -2.60. The molecule has 5 fully saturated rings. The molecule has 8 rings (SSSR count). The molecule has 2 bridgehead atoms. The van der Waals surface area contributed by atoms with Crippen LogP contribution >= 0.6 is 0 Å². The van der Waals surface area contributed by atoms with Crippen molar-refractivity contribution in [3.05, 3.63) is 42.5 Å². The van der Waals surface area contributed by atoms with Crippen molar-refractivity contribution >= 4 is 44.7 Å². The van der Waals surface area contributed by atoms with E-state index < -0.39 is 73.6 Å². The molecule has 17 heteroatoms. The van der Waals surface area contributed by atoms with E-state index in [-0.39, 0.29) is 31.4 Å². The van der Waals surface area contributed by atoms with Gasteiger partial charge >= 0.3 is 6.09 Å². The van der Waals surface area contributed by atoms with Crippen LogP contribution < -0.4 is 24.8 Å². The predicted molar refractivity (Wildman–Crippen MR) is 241 cm³/mol. The molecule has 3 N–H and O–H groups in total. The first kappa shape index (κ1) is 46.1. The van der Waals surface area contributed by atoms with Gasteiger partial charge in [-0.05, 0) is 88.8 Å². The van der Waals surface area contributed by atoms with Gasteiger partial charge in [0.05, 0.1) is 29.0 Å². The molecule has 3 aliphatic carbocycles. The van der Waals surface area contributed by atoms with Gasteiger partial charge in [0.25, 0.3) is 5.91 Å². The van der Waals surface area contributed by atoms with Gasteiger partial charge in [-0.3, -0.25) is 19.1 Å². The van der Waals surface area contributed by atoms with Gasteiger partial charge in [-0.1, -0.05) is 51.8 Å². The standard InChI is InChI=1S/C47H67N7O9S/c1-7-31-28-47(31,43(57)51-64(59,60)46(5)18-19-46)50-40(55)36-27-32-29-54(36)42(56)39(45(2,3)4)49-44(58)63-37-26-30(37)14-9-8-10-16-34-38(33-15-11-12-17-35(33)48-41(34)62-32)61-25-13-20-53-23-21-52(6)22-24-53/h7,11-12,15,17,30-32,36-37,39H,1,8-10,13-14,16,18-29H2,2-6H3,(H,49,58)(H,50,55)(H,51,57)/t30-,31-,32-,36+,37-,39-,47-/m1/s1. The van der Waals surface area contributed by atoms with Crippen LogP contribution in [0.3, 0.4) is 0 Å². The van der Waals surface area contributed by atoms with E-state index in [1.165, 1.54) is 11.0 Å². The van der Waals surface area contributed by atoms with E-state index in [9.17, 15) is 27.6 Å². The molecule has 2 saturated heterocycles. The molecule has 4 heterocycles. The second-order valence-electron chi connectivity index (χ2n) is 20.4. The Morgan fingerprint density at radius 1 is 1.06 bits per heavy atom. The molecular formula is C47H67N7O9S. The number of para-hydroxylation sites is 1. The zero-order valence-electron chi connectivity index (χ0n) is 38.2. The van der Waals surface area contributed by atoms with Gasteiger partial charge < -0.3 is 39.5 Å². The second kappa shape index (κ2) is 18.1. The Labute approximate surface area is 377 Å². The average Bonchev–Trinajstić information content (AvgIpc) is 4.21. The third-order valence-electron chi connectivity index (χ3n) is 14.4. The lowest BCUT2D eigenvalue weighted by atomic mass is 9.85. The summed E-state index contributed by atoms with van der Waals surface area (Å²) < 4.78 is 47.0. The highest BCUT2D eigenvalue weighted by Crippen LogP contribution is 2.47. The summed E-state index contributed by atoms with van der Waals surface area (Å²) in [5, 5.41) is 6.60. The number of alkyl carbamates (subject to hydrolysis) is 1. The largest absolute Gasteiger partial charge is 0.492 e. The molecule has 3 aliphatic heterocycles. The number of sulfonamides is 1. The molecule has 7 atom stereocenters. The maximum atomic E-state index is 14.9. The minimum absolute atomic E-state index is 0.0308. The summed E-state index contributed by atoms with van der Waals surface area (Å²) in [5.41, 5.74) is -0.846. The van der Waals surface area contributed by atoms with Crippen LogP contribution in [-0.4, -0.2) is 139 Å². The van der Waals surface area contributed by atoms with Gasteiger partial charge in [-0.25, -0.2) is 18.2 Å². The lowest BCUT2D eigenvalue weighted by molar-refractivity contribution is -0.142. The highest BCUT2D eigenvalue weighted by molar-refractivity contribution is 7.91. The maximum absolute atomic E-state index is 14.9. The van der Waals surface area contributed by atoms with Gasteiger partial charge in [0.1, 0.15) is 35.6 Å². The first-order valence-electron chi connectivity index (χ1n) is 23.3. The SMILES string of the molecule is C=C[C@@H]1C[C@]1(NC(=O)[C@@H]1C[C@@H]2CN1C(=O)[C@H](C(C)(C)C)NC(=O)O[C@@H]1C[C@H]1CCCCCc1c(nc3ccccc3c1OCCCN1CCN(C)CC1)O2)C(=O)NS(=O)(=O)C1(C)CC1. The van der Waals surface area contributed by atoms with Crippen molar-refractivity contribution in [2.75, 3.05) is 52.9 Å². The van der Waals surface area contributed by atoms with Crippen LogP contribution in [0.5, 0.6) is 11.6 Å². The number of fused-ring (bicyclic) bond motifs is 5. The summed E-state index contributed by atoms with van der Waals surface area (Å²) in [6.45, 7) is 16.5. The summed E-state index contributed by atoms with van der Waals surface area (Å²) in [5.74, 6) is -1.18. The quantitative estimate of drug-likeness (QED) is 0.215. The fourth-order valence-electron chi connectivity index (χ4n) is 9.52. The summed E-state index contributed by atoms with van der Waals surface area (Å²) in [6, 6.07) is 5.59. The molecule has 0 unspecified atom stereocenters. The monoisotopic (exact) mass is 905 g/mol. The van der Waals surface area contributed by atoms with E-state index >= 15 is 0 Å². The van der Waals surface area contributed by atoms with Crippen molar-refractivity contribution in [2.45, 2.75) is 133 Å². The zero-order valence-corrected chi connectivity index (χ0v) is 39.0. The third kappa shape index (κ3) is 9.86. The number of hydrogen-bond donors (Lipinski definition) is 3. The smallest absolute Gasteiger partial charge is 0.408 e. The van der Waals surface area contributed by atoms with E-state index in [1.54, 1.807) is 6.92 Å². The van der Waals surface area contributed by atoms with Crippen LogP contribution in [0.25, 0.3) is 10.9 Å². The number of amides is 4. The number of benzene rings is 1. The Kier molecular flexibility index (Phi) is 13.0. The summed E-state index contributed by atoms with van der Waals surface area (Å²) in [4.78, 5) is 68.1. The molecule has 6 aliphatic rings. The van der Waals surface area contributed by atoms with E-state index in [1.807, 2.05) is 45.0 Å². The van der Waals surface area contributed by atoms with E-state index in [2.05, 4.69) is 38.8 Å². The third-order valence-corrected chi connectivity index (χ3v) is 16.5. The van der Waals surface area contributed by atoms with Crippen LogP contribution in [0.1, 0.15) is 97.5 Å². The van der Waals surface area contributed by atoms with Crippen molar-refractivity contribution < 1.29 is 41.8 Å². The number of rotatable bonds is 11. The number of aromatic nitrogens is 1. The number of ether oxygens (including phenoxy) is 3. The molecule has 1 aromatic carbocycles. The number of nitrogens with zero attached hydrogens (tertiary/aromatic N) is 4. The minimum atomic E-state index is -4.01. The van der Waals surface area contributed by atoms with Crippen molar-refractivity contribution in [3.8, 4) is 11.6 Å². The lowest BCUT2D eigenvalue weighted by Gasteiger charge is -2.35. The number of piperazine rings is 1. The number of nitrogens with one attached hydrogen (secondary N) is 3. The molecule has 4 amide bonds. The van der Waals surface area contributed by atoms with Gasteiger partial charge in [-0.2, -0.15) is 0 Å². The highest BCUT2D eigenvalue weighted by atomic mass is 32.2. The fraction of sp³-hybridized carbons (Fsp3) is 0.681. The molecule has 0 spiro atoms. The Hall–Kier alpha value is -4.48. The number of likely N-dealkylation sites (N-methyl/N-ethyl adjacent to an activating group) is 1. The number of carbonyl (C=O) groups excluding carboxylic acids is 4. The molecule has 16 nitrogen and oxygen atoms in total. The molecule has 64 heavy (non-hydrogen) atoms. The molecule has 0 radical (unpaired) electrons. The van der Waals surface area contributed by atoms with Crippen LogP contribution in [-0.2, 0) is 35.6 Å². The van der Waals surface area contributed by atoms with Crippen LogP contribution in [0.4, 0.5) is 4.79 Å². The van der Waals surface area contributed by atoms with Crippen molar-refractivity contribution in [1.82, 2.24) is 35.0 Å². The molecule has 3 saturated carbocycles. The molecule has 350 valence electrons. The summed E-state index contributed by atoms with van der Waals surface area (Å²) >= 11 is 0. The van der Waals surface area contributed by atoms with Crippen LogP contribution in [0.2, 0.25) is 0 Å². The first-order chi connectivity index (χ1) is 30.4. The summed E-state index contributed by atoms with van der Waals surface area (Å²) in [6.07, 6.45) is 6.79. The number of hydrogen-bond acceptors (Lipinski definition) is 12. The van der Waals surface area contributed by atoms with Crippen molar-refractivity contribution in [3.63, 3.8) is 0 Å². The minimum Gasteiger partial charge on any atom is -0.492 e. The summed E-state index contributed by atoms with van der Waals surface area (Å²) in [7, 11) is -1.86. The Morgan fingerprint density at radius 3 is 2.52 bits per heavy atom. The van der Waals surface area contributed by atoms with Gasteiger partial charge in [0.2, 0.25) is 27.7 Å². The van der Waals surface area contributed by atoms with Crippen LogP contribution in [0.15, 0.2) is 36.9 Å². The number of carbonyl (C=O) groups is 4. The van der Waals surface area contributed by atoms with Gasteiger partial charge in [0, 0.05) is 50.4 Å². The highest BCUT2D eigenvalue weighted by Gasteiger charge is 2.63. The van der Waals surface area contributed by atoms with Crippen LogP contribution in [0, 0.1) is 17.3 Å². The predicted octanol–water partition coefficient (Wildman–Crippen LogP) is 4.30. The van der Waals surface area contributed by atoms with Crippen molar-refractivity contribution in [1.29, 1.82) is 0 Å². The first-order valence-corrected chi connectivity index (χ1v) is 24.8. The molecule has 2 aromatic rings. The van der Waals surface area contributed by atoms with E-state index in [0.29, 0.717) is 37.3 Å². The maximum Gasteiger partial charge on any atom is 0.408 e. The normalized spacial score (nSPS) is 30.0. The zero-order chi connectivity index (χ0) is 45.6. The Balaban J connectivity index is 1.11. The molecule has 1 aromatic heterocycles. The van der Waals surface area contributed by atoms with Gasteiger partial charge in [-0.15, -0.1) is 6.58 Å². The Bertz CT molecular complexity index is 2240. The molecular weight excluding hydrogens is 839 g/mol. The topological polar surface area (TPSA) is 189 Å². The number of pyridine rings is 1. The van der Waals surface area contributed by atoms with E-state index in [0.717, 1.165) is 87.9 Å². The Morgan fingerprint density at radius 2 is 1.81 bits per heavy atom. The second-order valence-corrected chi connectivity index (χ2v) is 22.6.